The number of amides is 1. The molecule has 0 saturated heterocycles. The Morgan fingerprint density at radius 2 is 1.95 bits per heavy atom. The van der Waals surface area contributed by atoms with Gasteiger partial charge in [-0.1, -0.05) is 18.2 Å². The van der Waals surface area contributed by atoms with Crippen molar-refractivity contribution in [2.45, 2.75) is 12.8 Å². The molecule has 0 fully saturated rings. The molecule has 2 rings (SSSR count). The van der Waals surface area contributed by atoms with E-state index in [9.17, 15) is 4.79 Å². The van der Waals surface area contributed by atoms with E-state index in [1.54, 1.807) is 6.20 Å². The Morgan fingerprint density at radius 3 is 2.58 bits per heavy atom. The third kappa shape index (κ3) is 4.19. The first-order chi connectivity index (χ1) is 9.28. The van der Waals surface area contributed by atoms with E-state index in [2.05, 4.69) is 10.3 Å². The number of aliphatic hydroxyl groups is 1. The molecular formula is C15H16N2O2. The fourth-order valence-electron chi connectivity index (χ4n) is 1.76. The number of pyridine rings is 1. The van der Waals surface area contributed by atoms with Crippen LogP contribution in [0, 0.1) is 0 Å². The van der Waals surface area contributed by atoms with Crippen molar-refractivity contribution < 1.29 is 9.90 Å². The third-order valence-electron chi connectivity index (χ3n) is 2.71. The summed E-state index contributed by atoms with van der Waals surface area (Å²) >= 11 is 0. The second kappa shape index (κ2) is 6.66. The number of aliphatic hydroxyl groups excluding tert-OH is 1. The Labute approximate surface area is 112 Å². The molecule has 0 spiro atoms. The van der Waals surface area contributed by atoms with Gasteiger partial charge < -0.3 is 10.4 Å². The lowest BCUT2D eigenvalue weighted by Crippen LogP contribution is -2.15. The van der Waals surface area contributed by atoms with Gasteiger partial charge in [0.1, 0.15) is 0 Å². The van der Waals surface area contributed by atoms with Crippen LogP contribution in [0.25, 0.3) is 0 Å². The molecule has 2 aromatic rings. The van der Waals surface area contributed by atoms with Crippen LogP contribution in [-0.2, 0) is 17.6 Å². The Kier molecular flexibility index (Phi) is 4.64. The second-order valence-electron chi connectivity index (χ2n) is 4.22. The van der Waals surface area contributed by atoms with E-state index in [1.165, 1.54) is 0 Å². The molecule has 0 unspecified atom stereocenters. The topological polar surface area (TPSA) is 62.2 Å². The van der Waals surface area contributed by atoms with E-state index in [0.29, 0.717) is 6.42 Å². The highest BCUT2D eigenvalue weighted by Gasteiger charge is 2.04. The highest BCUT2D eigenvalue weighted by molar-refractivity contribution is 5.91. The monoisotopic (exact) mass is 256 g/mol. The van der Waals surface area contributed by atoms with Crippen LogP contribution in [0.5, 0.6) is 0 Å². The number of anilines is 1. The van der Waals surface area contributed by atoms with Crippen molar-refractivity contribution in [3.8, 4) is 0 Å². The van der Waals surface area contributed by atoms with Crippen molar-refractivity contribution in [2.75, 3.05) is 11.9 Å². The van der Waals surface area contributed by atoms with Gasteiger partial charge >= 0.3 is 0 Å². The average Bonchev–Trinajstić information content (AvgIpc) is 2.42. The summed E-state index contributed by atoms with van der Waals surface area (Å²) < 4.78 is 0. The van der Waals surface area contributed by atoms with E-state index < -0.39 is 0 Å². The van der Waals surface area contributed by atoms with Gasteiger partial charge in [-0.25, -0.2) is 0 Å². The highest BCUT2D eigenvalue weighted by Crippen LogP contribution is 2.10. The zero-order valence-electron chi connectivity index (χ0n) is 10.5. The summed E-state index contributed by atoms with van der Waals surface area (Å²) in [6.07, 6.45) is 2.56. The maximum atomic E-state index is 11.8. The number of carbonyl (C=O) groups excluding carboxylic acids is 1. The number of hydrogen-bond acceptors (Lipinski definition) is 3. The smallest absolute Gasteiger partial charge is 0.230 e. The number of rotatable bonds is 5. The van der Waals surface area contributed by atoms with Gasteiger partial charge in [-0.05, 0) is 36.2 Å². The van der Waals surface area contributed by atoms with E-state index in [0.717, 1.165) is 16.9 Å². The van der Waals surface area contributed by atoms with E-state index in [1.807, 2.05) is 42.5 Å². The average molecular weight is 256 g/mol. The number of nitrogens with one attached hydrogen (secondary N) is 1. The van der Waals surface area contributed by atoms with Gasteiger partial charge in [0, 0.05) is 24.2 Å². The van der Waals surface area contributed by atoms with Crippen LogP contribution < -0.4 is 5.32 Å². The molecule has 0 aliphatic carbocycles. The van der Waals surface area contributed by atoms with Crippen molar-refractivity contribution in [2.24, 2.45) is 0 Å². The van der Waals surface area contributed by atoms with Gasteiger partial charge in [0.05, 0.1) is 6.42 Å². The van der Waals surface area contributed by atoms with Crippen LogP contribution in [0.4, 0.5) is 5.69 Å². The Morgan fingerprint density at radius 1 is 1.16 bits per heavy atom. The SMILES string of the molecule is O=C(Cc1ccccn1)Nc1ccc(CCO)cc1. The minimum Gasteiger partial charge on any atom is -0.396 e. The number of benzene rings is 1. The standard InChI is InChI=1S/C15H16N2O2/c18-10-8-12-4-6-13(7-5-12)17-15(19)11-14-3-1-2-9-16-14/h1-7,9,18H,8,10-11H2,(H,17,19). The molecule has 19 heavy (non-hydrogen) atoms. The quantitative estimate of drug-likeness (QED) is 0.857. The fraction of sp³-hybridized carbons (Fsp3) is 0.200. The summed E-state index contributed by atoms with van der Waals surface area (Å²) in [5.74, 6) is -0.0893. The molecule has 1 aromatic carbocycles. The Balaban J connectivity index is 1.91. The van der Waals surface area contributed by atoms with E-state index in [-0.39, 0.29) is 18.9 Å². The predicted molar refractivity (Wildman–Crippen MR) is 73.8 cm³/mol. The van der Waals surface area contributed by atoms with Crippen LogP contribution in [0.2, 0.25) is 0 Å². The number of hydrogen-bond donors (Lipinski definition) is 2. The van der Waals surface area contributed by atoms with Crippen LogP contribution in [0.1, 0.15) is 11.3 Å². The normalized spacial score (nSPS) is 10.2. The molecule has 98 valence electrons. The molecule has 0 bridgehead atoms. The van der Waals surface area contributed by atoms with Crippen molar-refractivity contribution in [1.29, 1.82) is 0 Å². The molecule has 0 saturated carbocycles. The maximum absolute atomic E-state index is 11.8. The van der Waals surface area contributed by atoms with Gasteiger partial charge in [0.2, 0.25) is 5.91 Å². The Bertz CT molecular complexity index is 524. The molecule has 0 atom stereocenters. The van der Waals surface area contributed by atoms with Gasteiger partial charge in [-0.2, -0.15) is 0 Å². The lowest BCUT2D eigenvalue weighted by Gasteiger charge is -2.06. The minimum atomic E-state index is -0.0893. The second-order valence-corrected chi connectivity index (χ2v) is 4.22. The minimum absolute atomic E-state index is 0.0893. The molecule has 4 heteroatoms. The zero-order valence-corrected chi connectivity index (χ0v) is 10.5. The van der Waals surface area contributed by atoms with Crippen LogP contribution in [0.3, 0.4) is 0 Å². The molecule has 0 aliphatic rings. The molecule has 4 nitrogen and oxygen atoms in total. The molecule has 0 radical (unpaired) electrons. The number of nitrogens with zero attached hydrogens (tertiary/aromatic N) is 1. The Hall–Kier alpha value is -2.20. The molecule has 1 aromatic heterocycles. The van der Waals surface area contributed by atoms with Gasteiger partial charge in [0.15, 0.2) is 0 Å². The molecule has 2 N–H and O–H groups in total. The maximum Gasteiger partial charge on any atom is 0.230 e. The molecule has 1 amide bonds. The first kappa shape index (κ1) is 13.2. The van der Waals surface area contributed by atoms with Gasteiger partial charge in [-0.15, -0.1) is 0 Å². The molecular weight excluding hydrogens is 240 g/mol. The van der Waals surface area contributed by atoms with Gasteiger partial charge in [-0.3, -0.25) is 9.78 Å². The van der Waals surface area contributed by atoms with Crippen molar-refractivity contribution in [1.82, 2.24) is 4.98 Å². The fourth-order valence-corrected chi connectivity index (χ4v) is 1.76. The van der Waals surface area contributed by atoms with Crippen LogP contribution in [0.15, 0.2) is 48.7 Å². The summed E-state index contributed by atoms with van der Waals surface area (Å²) in [6.45, 7) is 0.130. The van der Waals surface area contributed by atoms with Crippen molar-refractivity contribution in [3.05, 3.63) is 59.9 Å². The number of aromatic nitrogens is 1. The van der Waals surface area contributed by atoms with Crippen LogP contribution >= 0.6 is 0 Å². The number of carbonyl (C=O) groups is 1. The lowest BCUT2D eigenvalue weighted by molar-refractivity contribution is -0.115. The summed E-state index contributed by atoms with van der Waals surface area (Å²) in [5.41, 5.74) is 2.55. The first-order valence-corrected chi connectivity index (χ1v) is 6.17. The predicted octanol–water partition coefficient (Wildman–Crippen LogP) is 1.80. The molecule has 1 heterocycles. The van der Waals surface area contributed by atoms with E-state index in [4.69, 9.17) is 5.11 Å². The third-order valence-corrected chi connectivity index (χ3v) is 2.71. The van der Waals surface area contributed by atoms with Gasteiger partial charge in [0.25, 0.3) is 0 Å². The highest BCUT2D eigenvalue weighted by atomic mass is 16.2. The largest absolute Gasteiger partial charge is 0.396 e. The van der Waals surface area contributed by atoms with E-state index >= 15 is 0 Å². The summed E-state index contributed by atoms with van der Waals surface area (Å²) in [5, 5.41) is 11.6. The van der Waals surface area contributed by atoms with Crippen LogP contribution in [-0.4, -0.2) is 22.6 Å². The molecule has 0 aliphatic heterocycles. The van der Waals surface area contributed by atoms with Crippen molar-refractivity contribution >= 4 is 11.6 Å². The lowest BCUT2D eigenvalue weighted by atomic mass is 10.1. The summed E-state index contributed by atoms with van der Waals surface area (Å²) in [4.78, 5) is 15.9. The van der Waals surface area contributed by atoms with Crippen molar-refractivity contribution in [3.63, 3.8) is 0 Å². The summed E-state index contributed by atoms with van der Waals surface area (Å²) in [6, 6.07) is 13.0. The summed E-state index contributed by atoms with van der Waals surface area (Å²) in [7, 11) is 0. The zero-order chi connectivity index (χ0) is 13.5. The first-order valence-electron chi connectivity index (χ1n) is 6.17.